The van der Waals surface area contributed by atoms with Crippen LogP contribution in [0.4, 0.5) is 0 Å². The van der Waals surface area contributed by atoms with Crippen molar-refractivity contribution in [2.45, 2.75) is 233 Å². The molecule has 2 aliphatic rings. The van der Waals surface area contributed by atoms with Crippen LogP contribution < -0.4 is 0 Å². The molecule has 0 spiro atoms. The summed E-state index contributed by atoms with van der Waals surface area (Å²) in [7, 11) is 0. The highest BCUT2D eigenvalue weighted by atomic mass is 32.2. The molecule has 0 aromatic heterocycles. The van der Waals surface area contributed by atoms with Crippen LogP contribution in [0.3, 0.4) is 0 Å². The second-order valence-electron chi connectivity index (χ2n) is 16.2. The summed E-state index contributed by atoms with van der Waals surface area (Å²) in [5, 5.41) is 42.6. The van der Waals surface area contributed by atoms with E-state index in [1.54, 1.807) is 0 Å². The molecule has 2 heterocycles. The normalized spacial score (nSPS) is 19.4. The molecule has 53 heavy (non-hydrogen) atoms. The third kappa shape index (κ3) is 24.2. The number of unbranched alkanes of at least 4 members (excludes halogenated alkanes) is 10. The first-order valence-corrected chi connectivity index (χ1v) is 25.9. The molecule has 0 bridgehead atoms. The smallest absolute Gasteiger partial charge is 0.135 e. The van der Waals surface area contributed by atoms with Gasteiger partial charge < -0.3 is 20.4 Å². The van der Waals surface area contributed by atoms with Gasteiger partial charge in [0.2, 0.25) is 0 Å². The lowest BCUT2D eigenvalue weighted by molar-refractivity contribution is -0.122. The number of aliphatic hydroxyl groups excluding tert-OH is 4. The van der Waals surface area contributed by atoms with Gasteiger partial charge in [-0.25, -0.2) is 0 Å². The molecule has 2 rings (SSSR count). The second kappa shape index (κ2) is 30.6. The Morgan fingerprint density at radius 1 is 0.472 bits per heavy atom. The maximum absolute atomic E-state index is 12.5. The second-order valence-corrected chi connectivity index (χ2v) is 22.6. The molecule has 0 radical (unpaired) electrons. The lowest BCUT2D eigenvalue weighted by Crippen LogP contribution is -2.31. The first-order chi connectivity index (χ1) is 25.6. The van der Waals surface area contributed by atoms with E-state index in [4.69, 9.17) is 0 Å². The number of ketones is 2. The van der Waals surface area contributed by atoms with Crippen molar-refractivity contribution in [1.29, 1.82) is 0 Å². The Morgan fingerprint density at radius 2 is 0.811 bits per heavy atom. The summed E-state index contributed by atoms with van der Waals surface area (Å²) in [5.74, 6) is 4.93. The molecule has 6 nitrogen and oxygen atoms in total. The summed E-state index contributed by atoms with van der Waals surface area (Å²) in [6, 6.07) is 0. The van der Waals surface area contributed by atoms with Gasteiger partial charge in [0.25, 0.3) is 0 Å². The van der Waals surface area contributed by atoms with Crippen LogP contribution in [0.2, 0.25) is 0 Å². The van der Waals surface area contributed by atoms with E-state index in [1.807, 2.05) is 47.0 Å². The number of carbonyl (C=O) groups excluding carboxylic acids is 2. The van der Waals surface area contributed by atoms with E-state index in [0.717, 1.165) is 132 Å². The van der Waals surface area contributed by atoms with Gasteiger partial charge in [0, 0.05) is 25.7 Å². The van der Waals surface area contributed by atoms with Crippen LogP contribution in [0.1, 0.15) is 200 Å². The lowest BCUT2D eigenvalue weighted by atomic mass is 9.99. The topological polar surface area (TPSA) is 115 Å². The van der Waals surface area contributed by atoms with Gasteiger partial charge in [-0.2, -0.15) is 0 Å². The summed E-state index contributed by atoms with van der Waals surface area (Å²) in [6.07, 6.45) is 25.0. The molecule has 0 aliphatic carbocycles. The molecular formula is C43H80O6S4. The van der Waals surface area contributed by atoms with Crippen molar-refractivity contribution in [3.05, 3.63) is 0 Å². The first kappa shape index (κ1) is 49.7. The lowest BCUT2D eigenvalue weighted by Gasteiger charge is -2.38. The highest BCUT2D eigenvalue weighted by Gasteiger charge is 2.36. The fourth-order valence-corrected chi connectivity index (χ4v) is 14.9. The van der Waals surface area contributed by atoms with Gasteiger partial charge in [-0.1, -0.05) is 84.5 Å². The molecule has 0 aromatic carbocycles. The zero-order valence-corrected chi connectivity index (χ0v) is 37.1. The molecule has 4 atom stereocenters. The zero-order chi connectivity index (χ0) is 38.6. The Hall–Kier alpha value is 0.580. The maximum Gasteiger partial charge on any atom is 0.135 e. The van der Waals surface area contributed by atoms with Gasteiger partial charge in [-0.15, -0.1) is 47.0 Å². The van der Waals surface area contributed by atoms with Crippen LogP contribution >= 0.6 is 47.0 Å². The minimum atomic E-state index is -0.562. The fourth-order valence-electron chi connectivity index (χ4n) is 7.82. The maximum atomic E-state index is 12.5. The van der Waals surface area contributed by atoms with Crippen LogP contribution in [0.5, 0.6) is 0 Å². The highest BCUT2D eigenvalue weighted by molar-refractivity contribution is 8.19. The van der Waals surface area contributed by atoms with E-state index in [-0.39, 0.29) is 44.8 Å². The molecule has 10 heteroatoms. The van der Waals surface area contributed by atoms with E-state index in [9.17, 15) is 30.0 Å². The minimum absolute atomic E-state index is 0.0578. The molecule has 2 fully saturated rings. The summed E-state index contributed by atoms with van der Waals surface area (Å²) in [6.45, 7) is 4.39. The summed E-state index contributed by atoms with van der Waals surface area (Å²) in [4.78, 5) is 25.1. The Labute approximate surface area is 342 Å². The molecule has 0 aromatic rings. The average molecular weight is 821 g/mol. The van der Waals surface area contributed by atoms with E-state index in [2.05, 4.69) is 13.8 Å². The van der Waals surface area contributed by atoms with Gasteiger partial charge in [-0.05, 0) is 113 Å². The molecule has 0 amide bonds. The van der Waals surface area contributed by atoms with E-state index < -0.39 is 12.2 Å². The van der Waals surface area contributed by atoms with Gasteiger partial charge in [0.1, 0.15) is 11.6 Å². The third-order valence-corrected chi connectivity index (χ3v) is 17.9. The van der Waals surface area contributed by atoms with Crippen molar-refractivity contribution < 1.29 is 30.0 Å². The van der Waals surface area contributed by atoms with Crippen molar-refractivity contribution in [3.8, 4) is 0 Å². The van der Waals surface area contributed by atoms with Crippen LogP contribution in [-0.2, 0) is 9.59 Å². The van der Waals surface area contributed by atoms with E-state index in [0.29, 0.717) is 25.7 Å². The largest absolute Gasteiger partial charge is 0.393 e. The van der Waals surface area contributed by atoms with Crippen LogP contribution in [0.25, 0.3) is 0 Å². The van der Waals surface area contributed by atoms with Gasteiger partial charge in [0.05, 0.1) is 32.6 Å². The first-order valence-electron chi connectivity index (χ1n) is 21.9. The molecule has 312 valence electrons. The Bertz CT molecular complexity index is 854. The van der Waals surface area contributed by atoms with Crippen molar-refractivity contribution in [1.82, 2.24) is 0 Å². The number of hydrogen-bond donors (Lipinski definition) is 4. The predicted molar refractivity (Wildman–Crippen MR) is 235 cm³/mol. The number of Topliss-reactive ketones (excluding diaryl/α,β-unsaturated/α-hetero) is 2. The standard InChI is InChI=1S/C43H80O6S4/c1-3-5-12-22-40(48)34-42(50-28-18-29-51-42)26-16-24-38(46)32-36(44)20-14-10-8-7-9-11-15-21-37(45)33-39(47)25-17-27-43(52-30-19-31-53-43)35-41(49)23-13-6-4-2/h38-41,46-49H,3-35H2,1-2H3. The van der Waals surface area contributed by atoms with Crippen molar-refractivity contribution in [2.75, 3.05) is 23.0 Å². The van der Waals surface area contributed by atoms with E-state index in [1.165, 1.54) is 38.5 Å². The molecule has 2 aliphatic heterocycles. The number of thioether (sulfide) groups is 4. The van der Waals surface area contributed by atoms with Gasteiger partial charge >= 0.3 is 0 Å². The predicted octanol–water partition coefficient (Wildman–Crippen LogP) is 11.3. The van der Waals surface area contributed by atoms with E-state index >= 15 is 0 Å². The third-order valence-electron chi connectivity index (χ3n) is 10.9. The quantitative estimate of drug-likeness (QED) is 0.0468. The van der Waals surface area contributed by atoms with Gasteiger partial charge in [0.15, 0.2) is 0 Å². The summed E-state index contributed by atoms with van der Waals surface area (Å²) >= 11 is 8.00. The Balaban J connectivity index is 1.48. The Morgan fingerprint density at radius 3 is 1.17 bits per heavy atom. The number of aliphatic hydroxyl groups is 4. The molecule has 0 saturated carbocycles. The average Bonchev–Trinajstić information content (AvgIpc) is 3.11. The minimum Gasteiger partial charge on any atom is -0.393 e. The molecule has 2 saturated heterocycles. The van der Waals surface area contributed by atoms with Crippen LogP contribution in [0, 0.1) is 0 Å². The van der Waals surface area contributed by atoms with Crippen molar-refractivity contribution in [2.24, 2.45) is 0 Å². The number of rotatable bonds is 34. The number of carbonyl (C=O) groups is 2. The van der Waals surface area contributed by atoms with Crippen molar-refractivity contribution >= 4 is 58.6 Å². The molecular weight excluding hydrogens is 741 g/mol. The summed E-state index contributed by atoms with van der Waals surface area (Å²) in [5.41, 5.74) is 0. The number of hydrogen-bond acceptors (Lipinski definition) is 10. The fraction of sp³-hybridized carbons (Fsp3) is 0.953. The SMILES string of the molecule is CCCCCC(O)CC1(CCCC(O)CC(=O)CCCCCCCCCC(=O)CC(O)CCCC2(CC(O)CCCCC)SCCCS2)SCCCS1. The van der Waals surface area contributed by atoms with Crippen molar-refractivity contribution in [3.63, 3.8) is 0 Å². The highest BCUT2D eigenvalue weighted by Crippen LogP contribution is 2.50. The molecule has 4 N–H and O–H groups in total. The Kier molecular flexibility index (Phi) is 28.7. The summed E-state index contributed by atoms with van der Waals surface area (Å²) < 4.78 is 0.116. The molecule has 4 unspecified atom stereocenters. The van der Waals surface area contributed by atoms with Crippen LogP contribution in [0.15, 0.2) is 0 Å². The van der Waals surface area contributed by atoms with Gasteiger partial charge in [-0.3, -0.25) is 9.59 Å². The zero-order valence-electron chi connectivity index (χ0n) is 33.9. The van der Waals surface area contributed by atoms with Crippen LogP contribution in [-0.4, -0.2) is 87.6 Å². The monoisotopic (exact) mass is 820 g/mol.